The maximum atomic E-state index is 13.7. The maximum absolute atomic E-state index is 13.7. The molecule has 0 bridgehead atoms. The van der Waals surface area contributed by atoms with Gasteiger partial charge in [-0.25, -0.2) is 14.8 Å². The molecule has 154 valence electrons. The first-order valence-corrected chi connectivity index (χ1v) is 10.0. The highest BCUT2D eigenvalue weighted by molar-refractivity contribution is 5.88. The first kappa shape index (κ1) is 19.5. The minimum absolute atomic E-state index is 0.0633. The molecule has 8 nitrogen and oxygen atoms in total. The van der Waals surface area contributed by atoms with Crippen molar-refractivity contribution in [2.24, 2.45) is 28.5 Å². The molecule has 1 amide bonds. The second-order valence-corrected chi connectivity index (χ2v) is 8.04. The average Bonchev–Trinajstić information content (AvgIpc) is 3.02. The van der Waals surface area contributed by atoms with Crippen molar-refractivity contribution in [3.63, 3.8) is 0 Å². The van der Waals surface area contributed by atoms with Gasteiger partial charge in [0.15, 0.2) is 0 Å². The molecule has 0 radical (unpaired) electrons. The van der Waals surface area contributed by atoms with Gasteiger partial charge >= 0.3 is 0 Å². The second kappa shape index (κ2) is 7.90. The van der Waals surface area contributed by atoms with E-state index in [9.17, 15) is 9.18 Å². The Kier molecular flexibility index (Phi) is 5.50. The summed E-state index contributed by atoms with van der Waals surface area (Å²) in [6.45, 7) is 4.12. The third-order valence-corrected chi connectivity index (χ3v) is 6.26. The number of fused-ring (bicyclic) bond motifs is 1. The minimum Gasteiger partial charge on any atom is -0.389 e. The predicted octanol–water partition coefficient (Wildman–Crippen LogP) is -0.469. The smallest absolute Gasteiger partial charge is 0.235 e. The summed E-state index contributed by atoms with van der Waals surface area (Å²) in [5.41, 5.74) is 11.3. The Labute approximate surface area is 165 Å². The second-order valence-electron chi connectivity index (χ2n) is 8.04. The number of halogens is 1. The van der Waals surface area contributed by atoms with Crippen LogP contribution in [0.3, 0.4) is 0 Å². The highest BCUT2D eigenvalue weighted by Gasteiger charge is 2.48. The SMILES string of the molecule is CC1=NCC=CC1C1CCNC=C1N(C)C(=O)C1C(N)NN2CC(F)CNC12. The molecule has 0 aliphatic carbocycles. The summed E-state index contributed by atoms with van der Waals surface area (Å²) in [5, 5.41) is 8.13. The van der Waals surface area contributed by atoms with Crippen LogP contribution in [0.5, 0.6) is 0 Å². The lowest BCUT2D eigenvalue weighted by Crippen LogP contribution is -2.59. The fourth-order valence-electron chi connectivity index (χ4n) is 4.77. The zero-order valence-electron chi connectivity index (χ0n) is 16.4. The molecule has 5 N–H and O–H groups in total. The van der Waals surface area contributed by atoms with E-state index in [0.29, 0.717) is 0 Å². The van der Waals surface area contributed by atoms with Crippen molar-refractivity contribution in [1.82, 2.24) is 26.0 Å². The summed E-state index contributed by atoms with van der Waals surface area (Å²) in [6.07, 6.45) is 5.35. The third kappa shape index (κ3) is 3.47. The Morgan fingerprint density at radius 1 is 1.46 bits per heavy atom. The lowest BCUT2D eigenvalue weighted by molar-refractivity contribution is -0.134. The number of carbonyl (C=O) groups excluding carboxylic acids is 1. The molecule has 0 aromatic heterocycles. The molecule has 2 saturated heterocycles. The van der Waals surface area contributed by atoms with Crippen molar-refractivity contribution in [2.45, 2.75) is 31.8 Å². The Balaban J connectivity index is 1.54. The number of dihydropyridines is 1. The van der Waals surface area contributed by atoms with E-state index in [-0.39, 0.29) is 37.0 Å². The topological polar surface area (TPSA) is 98.0 Å². The van der Waals surface area contributed by atoms with Gasteiger partial charge in [-0.1, -0.05) is 12.2 Å². The Morgan fingerprint density at radius 3 is 3.07 bits per heavy atom. The van der Waals surface area contributed by atoms with E-state index < -0.39 is 18.3 Å². The van der Waals surface area contributed by atoms with Crippen molar-refractivity contribution in [3.05, 3.63) is 24.0 Å². The van der Waals surface area contributed by atoms with Gasteiger partial charge in [0.25, 0.3) is 0 Å². The number of hydrogen-bond acceptors (Lipinski definition) is 7. The largest absolute Gasteiger partial charge is 0.389 e. The van der Waals surface area contributed by atoms with Crippen LogP contribution in [0, 0.1) is 17.8 Å². The van der Waals surface area contributed by atoms with Gasteiger partial charge in [-0.3, -0.25) is 15.1 Å². The lowest BCUT2D eigenvalue weighted by atomic mass is 9.81. The van der Waals surface area contributed by atoms with E-state index in [2.05, 4.69) is 40.1 Å². The summed E-state index contributed by atoms with van der Waals surface area (Å²) in [6, 6.07) is 0. The minimum atomic E-state index is -0.975. The van der Waals surface area contributed by atoms with Crippen LogP contribution >= 0.6 is 0 Å². The number of alkyl halides is 1. The molecule has 0 saturated carbocycles. The molecule has 2 fully saturated rings. The summed E-state index contributed by atoms with van der Waals surface area (Å²) in [4.78, 5) is 19.7. The molecule has 9 heteroatoms. The predicted molar refractivity (Wildman–Crippen MR) is 106 cm³/mol. The van der Waals surface area contributed by atoms with E-state index in [1.807, 2.05) is 13.2 Å². The normalized spacial score (nSPS) is 38.3. The molecule has 28 heavy (non-hydrogen) atoms. The quantitative estimate of drug-likeness (QED) is 0.486. The number of carbonyl (C=O) groups is 1. The fraction of sp³-hybridized carbons (Fsp3) is 0.684. The van der Waals surface area contributed by atoms with Gasteiger partial charge in [-0.15, -0.1) is 0 Å². The number of rotatable bonds is 3. The summed E-state index contributed by atoms with van der Waals surface area (Å²) in [5.74, 6) is -0.166. The van der Waals surface area contributed by atoms with Crippen LogP contribution in [0.1, 0.15) is 13.3 Å². The highest BCUT2D eigenvalue weighted by Crippen LogP contribution is 2.33. The van der Waals surface area contributed by atoms with E-state index in [0.717, 1.165) is 30.9 Å². The maximum Gasteiger partial charge on any atom is 0.235 e. The number of hydrazine groups is 1. The first-order chi connectivity index (χ1) is 13.5. The summed E-state index contributed by atoms with van der Waals surface area (Å²) in [7, 11) is 1.81. The number of nitrogens with one attached hydrogen (secondary N) is 3. The number of nitrogens with two attached hydrogens (primary N) is 1. The Bertz CT molecular complexity index is 708. The lowest BCUT2D eigenvalue weighted by Gasteiger charge is -2.38. The molecule has 4 aliphatic rings. The van der Waals surface area contributed by atoms with Gasteiger partial charge in [0.1, 0.15) is 6.17 Å². The zero-order valence-corrected chi connectivity index (χ0v) is 16.4. The molecule has 6 atom stereocenters. The van der Waals surface area contributed by atoms with Gasteiger partial charge in [0.2, 0.25) is 5.91 Å². The van der Waals surface area contributed by atoms with Crippen LogP contribution in [0.4, 0.5) is 4.39 Å². The van der Waals surface area contributed by atoms with Gasteiger partial charge in [-0.2, -0.15) is 0 Å². The monoisotopic (exact) mass is 391 g/mol. The van der Waals surface area contributed by atoms with Crippen LogP contribution in [-0.4, -0.2) is 73.3 Å². The van der Waals surface area contributed by atoms with Crippen molar-refractivity contribution in [1.29, 1.82) is 0 Å². The molecule has 4 heterocycles. The van der Waals surface area contributed by atoms with Crippen LogP contribution in [-0.2, 0) is 4.79 Å². The van der Waals surface area contributed by atoms with Crippen molar-refractivity contribution < 1.29 is 9.18 Å². The van der Waals surface area contributed by atoms with Crippen molar-refractivity contribution >= 4 is 11.6 Å². The standard InChI is InChI=1S/C19H30FN7O/c1-11-13(4-3-6-23-11)14-5-7-22-9-15(14)26(2)19(28)16-17(21)25-27-10-12(20)8-24-18(16)27/h3-4,9,12-14,16-18,22,24-25H,5-8,10,21H2,1-2H3. The molecule has 4 aliphatic heterocycles. The molecule has 0 aromatic rings. The van der Waals surface area contributed by atoms with Crippen LogP contribution < -0.4 is 21.8 Å². The highest BCUT2D eigenvalue weighted by atomic mass is 19.1. The Morgan fingerprint density at radius 2 is 2.29 bits per heavy atom. The number of allylic oxidation sites excluding steroid dienone is 2. The van der Waals surface area contributed by atoms with E-state index in [1.165, 1.54) is 0 Å². The molecule has 0 aromatic carbocycles. The van der Waals surface area contributed by atoms with Crippen molar-refractivity contribution in [2.75, 3.05) is 33.2 Å². The summed E-state index contributed by atoms with van der Waals surface area (Å²) >= 11 is 0. The molecule has 0 spiro atoms. The number of aliphatic imine (C=N–C) groups is 1. The number of amides is 1. The Hall–Kier alpha value is -1.81. The van der Waals surface area contributed by atoms with E-state index in [4.69, 9.17) is 5.73 Å². The number of hydrogen-bond donors (Lipinski definition) is 4. The van der Waals surface area contributed by atoms with Gasteiger partial charge < -0.3 is 16.0 Å². The van der Waals surface area contributed by atoms with Gasteiger partial charge in [0, 0.05) is 56.1 Å². The average molecular weight is 391 g/mol. The fourth-order valence-corrected chi connectivity index (χ4v) is 4.77. The first-order valence-electron chi connectivity index (χ1n) is 10.0. The molecular weight excluding hydrogens is 361 g/mol. The van der Waals surface area contributed by atoms with Gasteiger partial charge in [0.05, 0.1) is 24.8 Å². The number of nitrogens with zero attached hydrogens (tertiary/aromatic N) is 3. The van der Waals surface area contributed by atoms with E-state index >= 15 is 0 Å². The van der Waals surface area contributed by atoms with Gasteiger partial charge in [-0.05, 0) is 13.3 Å². The molecule has 6 unspecified atom stereocenters. The van der Waals surface area contributed by atoms with E-state index in [1.54, 1.807) is 9.91 Å². The van der Waals surface area contributed by atoms with Crippen LogP contribution in [0.25, 0.3) is 0 Å². The van der Waals surface area contributed by atoms with Crippen LogP contribution in [0.2, 0.25) is 0 Å². The van der Waals surface area contributed by atoms with Crippen molar-refractivity contribution in [3.8, 4) is 0 Å². The molecule has 4 rings (SSSR count). The molecular formula is C19H30FN7O. The third-order valence-electron chi connectivity index (χ3n) is 6.26. The van der Waals surface area contributed by atoms with Crippen LogP contribution in [0.15, 0.2) is 29.0 Å². The summed E-state index contributed by atoms with van der Waals surface area (Å²) < 4.78 is 13.7. The zero-order chi connectivity index (χ0) is 19.8.